The van der Waals surface area contributed by atoms with Crippen LogP contribution in [-0.4, -0.2) is 11.1 Å². The molecule has 0 aliphatic carbocycles. The zero-order valence-corrected chi connectivity index (χ0v) is 26.5. The van der Waals surface area contributed by atoms with Gasteiger partial charge in [0.25, 0.3) is 0 Å². The van der Waals surface area contributed by atoms with Crippen LogP contribution in [0.15, 0.2) is 37.5 Å². The van der Waals surface area contributed by atoms with Gasteiger partial charge in [-0.1, -0.05) is 174 Å². The minimum atomic E-state index is -0.935. The van der Waals surface area contributed by atoms with E-state index < -0.39 is 5.97 Å². The van der Waals surface area contributed by atoms with E-state index in [0.29, 0.717) is 0 Å². The number of hydrogen-bond donors (Lipinski definition) is 1. The summed E-state index contributed by atoms with van der Waals surface area (Å²) in [7, 11) is 0. The second kappa shape index (κ2) is 40.2. The minimum Gasteiger partial charge on any atom is -0.478 e. The molecule has 0 aromatic carbocycles. The third-order valence-corrected chi connectivity index (χ3v) is 6.89. The first kappa shape index (κ1) is 41.2. The van der Waals surface area contributed by atoms with Crippen molar-refractivity contribution < 1.29 is 9.90 Å². The van der Waals surface area contributed by atoms with Crippen LogP contribution in [0.5, 0.6) is 0 Å². The molecule has 2 heteroatoms. The highest BCUT2D eigenvalue weighted by atomic mass is 16.4. The SMILES string of the molecule is C=C(C)C(=O)O.C=CCCCCCCCCCCCCCC.C=CCCCCCCCCCCCCCC. The molecule has 0 aromatic rings. The Morgan fingerprint density at radius 3 is 0.842 bits per heavy atom. The molecule has 0 unspecified atom stereocenters. The number of carboxylic acids is 1. The van der Waals surface area contributed by atoms with Crippen molar-refractivity contribution in [2.45, 2.75) is 188 Å². The van der Waals surface area contributed by atoms with Crippen LogP contribution in [0, 0.1) is 0 Å². The molecular weight excluding hydrogens is 464 g/mol. The molecule has 0 radical (unpaired) electrons. The largest absolute Gasteiger partial charge is 0.478 e. The van der Waals surface area contributed by atoms with Crippen LogP contribution in [0.25, 0.3) is 0 Å². The number of unbranched alkanes of at least 4 members (excludes halogenated alkanes) is 24. The molecule has 1 N–H and O–H groups in total. The number of rotatable bonds is 27. The summed E-state index contributed by atoms with van der Waals surface area (Å²) in [5, 5.41) is 7.89. The predicted molar refractivity (Wildman–Crippen MR) is 174 cm³/mol. The second-order valence-corrected chi connectivity index (χ2v) is 11.0. The number of hydrogen-bond acceptors (Lipinski definition) is 1. The molecule has 0 aliphatic heterocycles. The Morgan fingerprint density at radius 2 is 0.684 bits per heavy atom. The highest BCUT2D eigenvalue weighted by Gasteiger charge is 1.94. The first-order valence-corrected chi connectivity index (χ1v) is 16.6. The standard InChI is InChI=1S/2C16H32.C4H6O2/c2*1-3-5-7-9-11-13-15-16-14-12-10-8-6-4-2;1-3(2)4(5)6/h2*3H,1,4-16H2,2H3;1H2,2H3,(H,5,6). The van der Waals surface area contributed by atoms with Gasteiger partial charge in [-0.15, -0.1) is 13.2 Å². The highest BCUT2D eigenvalue weighted by Crippen LogP contribution is 2.13. The van der Waals surface area contributed by atoms with Crippen molar-refractivity contribution in [3.05, 3.63) is 37.5 Å². The maximum Gasteiger partial charge on any atom is 0.330 e. The van der Waals surface area contributed by atoms with E-state index >= 15 is 0 Å². The van der Waals surface area contributed by atoms with Crippen molar-refractivity contribution in [1.82, 2.24) is 0 Å². The molecule has 0 heterocycles. The lowest BCUT2D eigenvalue weighted by Crippen LogP contribution is -1.92. The van der Waals surface area contributed by atoms with Gasteiger partial charge in [0.15, 0.2) is 0 Å². The molecule has 0 aromatic heterocycles. The Balaban J connectivity index is -0.000000532. The summed E-state index contributed by atoms with van der Waals surface area (Å²) < 4.78 is 0. The highest BCUT2D eigenvalue weighted by molar-refractivity contribution is 5.84. The van der Waals surface area contributed by atoms with Crippen LogP contribution in [0.3, 0.4) is 0 Å². The third-order valence-electron chi connectivity index (χ3n) is 6.89. The second-order valence-electron chi connectivity index (χ2n) is 11.0. The van der Waals surface area contributed by atoms with Gasteiger partial charge in [0.05, 0.1) is 0 Å². The van der Waals surface area contributed by atoms with Gasteiger partial charge in [-0.05, 0) is 32.6 Å². The van der Waals surface area contributed by atoms with Crippen LogP contribution in [-0.2, 0) is 4.79 Å². The average molecular weight is 535 g/mol. The van der Waals surface area contributed by atoms with Gasteiger partial charge in [-0.3, -0.25) is 0 Å². The summed E-state index contributed by atoms with van der Waals surface area (Å²) in [6.07, 6.45) is 40.9. The Morgan fingerprint density at radius 1 is 0.500 bits per heavy atom. The first-order chi connectivity index (χ1) is 18.5. The quantitative estimate of drug-likeness (QED) is 0.0646. The molecule has 2 nitrogen and oxygen atoms in total. The summed E-state index contributed by atoms with van der Waals surface area (Å²) in [6, 6.07) is 0. The summed E-state index contributed by atoms with van der Waals surface area (Å²) in [6.45, 7) is 16.7. The molecule has 0 bridgehead atoms. The molecule has 0 saturated heterocycles. The van der Waals surface area contributed by atoms with Gasteiger partial charge in [-0.2, -0.15) is 0 Å². The summed E-state index contributed by atoms with van der Waals surface area (Å²) in [4.78, 5) is 9.60. The van der Waals surface area contributed by atoms with E-state index in [1.165, 1.54) is 174 Å². The number of aliphatic carboxylic acids is 1. The fraction of sp³-hybridized carbons (Fsp3) is 0.806. The Kier molecular flexibility index (Phi) is 43.5. The zero-order valence-electron chi connectivity index (χ0n) is 26.5. The molecular formula is C36H70O2. The normalized spacial score (nSPS) is 10.1. The van der Waals surface area contributed by atoms with Crippen molar-refractivity contribution in [1.29, 1.82) is 0 Å². The van der Waals surface area contributed by atoms with Crippen LogP contribution in [0.1, 0.15) is 188 Å². The summed E-state index contributed by atoms with van der Waals surface area (Å²) in [5.41, 5.74) is 0.176. The van der Waals surface area contributed by atoms with Crippen LogP contribution in [0.4, 0.5) is 0 Å². The van der Waals surface area contributed by atoms with E-state index in [1.807, 2.05) is 12.2 Å². The smallest absolute Gasteiger partial charge is 0.330 e. The van der Waals surface area contributed by atoms with Gasteiger partial charge >= 0.3 is 5.97 Å². The topological polar surface area (TPSA) is 37.3 Å². The van der Waals surface area contributed by atoms with Gasteiger partial charge in [0.2, 0.25) is 0 Å². The van der Waals surface area contributed by atoms with Crippen LogP contribution in [0.2, 0.25) is 0 Å². The molecule has 0 spiro atoms. The molecule has 0 rings (SSSR count). The van der Waals surface area contributed by atoms with E-state index in [2.05, 4.69) is 33.6 Å². The van der Waals surface area contributed by atoms with E-state index in [0.717, 1.165) is 0 Å². The van der Waals surface area contributed by atoms with Gasteiger partial charge in [0, 0.05) is 5.57 Å². The molecule has 0 fully saturated rings. The summed E-state index contributed by atoms with van der Waals surface area (Å²) in [5.74, 6) is -0.935. The lowest BCUT2D eigenvalue weighted by Gasteiger charge is -2.02. The van der Waals surface area contributed by atoms with E-state index in [-0.39, 0.29) is 5.57 Å². The first-order valence-electron chi connectivity index (χ1n) is 16.6. The van der Waals surface area contributed by atoms with Crippen molar-refractivity contribution in [2.75, 3.05) is 0 Å². The maximum atomic E-state index is 9.60. The van der Waals surface area contributed by atoms with Crippen molar-refractivity contribution in [3.63, 3.8) is 0 Å². The van der Waals surface area contributed by atoms with Crippen molar-refractivity contribution >= 4 is 5.97 Å². The average Bonchev–Trinajstić information content (AvgIpc) is 2.90. The molecule has 226 valence electrons. The Bertz CT molecular complexity index is 436. The number of carbonyl (C=O) groups is 1. The predicted octanol–water partition coefficient (Wildman–Crippen LogP) is 13.2. The number of carboxylic acid groups (broad SMARTS) is 1. The Hall–Kier alpha value is -1.31. The molecule has 0 saturated carbocycles. The third kappa shape index (κ3) is 47.8. The van der Waals surface area contributed by atoms with Gasteiger partial charge in [0.1, 0.15) is 0 Å². The lowest BCUT2D eigenvalue weighted by atomic mass is 10.0. The number of allylic oxidation sites excluding steroid dienone is 2. The Labute approximate surface area is 240 Å². The monoisotopic (exact) mass is 535 g/mol. The summed E-state index contributed by atoms with van der Waals surface area (Å²) >= 11 is 0. The van der Waals surface area contributed by atoms with Crippen LogP contribution < -0.4 is 0 Å². The van der Waals surface area contributed by atoms with Crippen molar-refractivity contribution in [2.24, 2.45) is 0 Å². The lowest BCUT2D eigenvalue weighted by molar-refractivity contribution is -0.132. The molecule has 38 heavy (non-hydrogen) atoms. The van der Waals surface area contributed by atoms with Gasteiger partial charge in [-0.25, -0.2) is 4.79 Å². The van der Waals surface area contributed by atoms with Crippen LogP contribution >= 0.6 is 0 Å². The molecule has 0 aliphatic rings. The van der Waals surface area contributed by atoms with E-state index in [9.17, 15) is 4.79 Å². The maximum absolute atomic E-state index is 9.60. The fourth-order valence-electron chi connectivity index (χ4n) is 4.26. The zero-order chi connectivity index (χ0) is 29.0. The van der Waals surface area contributed by atoms with Crippen molar-refractivity contribution in [3.8, 4) is 0 Å². The molecule has 0 atom stereocenters. The fourth-order valence-corrected chi connectivity index (χ4v) is 4.26. The van der Waals surface area contributed by atoms with E-state index in [1.54, 1.807) is 0 Å². The molecule has 0 amide bonds. The van der Waals surface area contributed by atoms with E-state index in [4.69, 9.17) is 5.11 Å². The minimum absolute atomic E-state index is 0.176. The van der Waals surface area contributed by atoms with Gasteiger partial charge < -0.3 is 5.11 Å².